The van der Waals surface area contributed by atoms with Crippen LogP contribution in [-0.4, -0.2) is 50.6 Å². The molecule has 1 unspecified atom stereocenters. The molecule has 1 amide bonds. The van der Waals surface area contributed by atoms with Crippen molar-refractivity contribution in [3.05, 3.63) is 72.3 Å². The highest BCUT2D eigenvalue weighted by molar-refractivity contribution is 7.92. The highest BCUT2D eigenvalue weighted by Gasteiger charge is 2.33. The third-order valence-corrected chi connectivity index (χ3v) is 7.28. The number of halogens is 3. The second kappa shape index (κ2) is 9.96. The summed E-state index contributed by atoms with van der Waals surface area (Å²) in [5, 5.41) is 9.40. The molecule has 0 bridgehead atoms. The molecule has 33 heavy (non-hydrogen) atoms. The number of nitrogens with zero attached hydrogens (tertiary/aromatic N) is 2. The molecule has 0 aromatic heterocycles. The first-order chi connectivity index (χ1) is 15.6. The first-order valence-electron chi connectivity index (χ1n) is 10.4. The molecule has 1 atom stereocenters. The maximum absolute atomic E-state index is 13.4. The number of aliphatic hydroxyl groups is 1. The molecule has 0 spiro atoms. The molecular formula is C23H25F3N2O4S. The van der Waals surface area contributed by atoms with E-state index in [1.165, 1.54) is 36.4 Å². The van der Waals surface area contributed by atoms with E-state index in [1.807, 2.05) is 0 Å². The van der Waals surface area contributed by atoms with Gasteiger partial charge in [-0.2, -0.15) is 13.2 Å². The van der Waals surface area contributed by atoms with Crippen LogP contribution in [0.5, 0.6) is 0 Å². The van der Waals surface area contributed by atoms with E-state index in [9.17, 15) is 31.5 Å². The van der Waals surface area contributed by atoms with Gasteiger partial charge in [0.25, 0.3) is 15.9 Å². The van der Waals surface area contributed by atoms with Gasteiger partial charge < -0.3 is 10.0 Å². The number of aliphatic hydroxyl groups excluding tert-OH is 1. The third kappa shape index (κ3) is 5.56. The zero-order valence-electron chi connectivity index (χ0n) is 17.8. The maximum atomic E-state index is 13.4. The maximum Gasteiger partial charge on any atom is 0.416 e. The van der Waals surface area contributed by atoms with Crippen molar-refractivity contribution in [2.75, 3.05) is 30.5 Å². The van der Waals surface area contributed by atoms with Crippen LogP contribution in [0.1, 0.15) is 28.8 Å². The first-order valence-corrected chi connectivity index (χ1v) is 11.8. The van der Waals surface area contributed by atoms with Crippen LogP contribution < -0.4 is 4.31 Å². The van der Waals surface area contributed by atoms with Gasteiger partial charge in [0.1, 0.15) is 0 Å². The Morgan fingerprint density at radius 1 is 1.21 bits per heavy atom. The van der Waals surface area contributed by atoms with Crippen LogP contribution in [0.3, 0.4) is 0 Å². The Labute approximate surface area is 191 Å². The van der Waals surface area contributed by atoms with E-state index in [4.69, 9.17) is 0 Å². The molecule has 6 nitrogen and oxygen atoms in total. The van der Waals surface area contributed by atoms with Crippen molar-refractivity contribution in [3.8, 4) is 0 Å². The average Bonchev–Trinajstić information content (AvgIpc) is 2.81. The van der Waals surface area contributed by atoms with Crippen molar-refractivity contribution in [1.82, 2.24) is 4.90 Å². The number of carbonyl (C=O) groups excluding carboxylic acids is 1. The number of rotatable bonds is 7. The summed E-state index contributed by atoms with van der Waals surface area (Å²) in [5.74, 6) is -0.391. The molecule has 1 fully saturated rings. The lowest BCUT2D eigenvalue weighted by Gasteiger charge is -2.32. The van der Waals surface area contributed by atoms with Crippen LogP contribution in [0.4, 0.5) is 18.9 Å². The number of likely N-dealkylation sites (tertiary alicyclic amines) is 1. The van der Waals surface area contributed by atoms with Crippen molar-refractivity contribution in [1.29, 1.82) is 0 Å². The minimum absolute atomic E-state index is 0.0291. The van der Waals surface area contributed by atoms with Gasteiger partial charge in [-0.15, -0.1) is 6.58 Å². The van der Waals surface area contributed by atoms with Gasteiger partial charge in [0.05, 0.1) is 22.7 Å². The summed E-state index contributed by atoms with van der Waals surface area (Å²) in [6, 6.07) is 9.47. The molecule has 0 radical (unpaired) electrons. The number of hydrogen-bond donors (Lipinski definition) is 1. The first kappa shape index (κ1) is 24.8. The monoisotopic (exact) mass is 482 g/mol. The Kier molecular flexibility index (Phi) is 7.48. The number of carbonyl (C=O) groups is 1. The summed E-state index contributed by atoms with van der Waals surface area (Å²) in [5.41, 5.74) is -0.989. The van der Waals surface area contributed by atoms with E-state index < -0.39 is 21.8 Å². The Morgan fingerprint density at radius 2 is 1.94 bits per heavy atom. The summed E-state index contributed by atoms with van der Waals surface area (Å²) in [4.78, 5) is 14.3. The minimum Gasteiger partial charge on any atom is -0.396 e. The van der Waals surface area contributed by atoms with Gasteiger partial charge in [0.15, 0.2) is 0 Å². The number of piperidine rings is 1. The molecule has 178 valence electrons. The number of sulfonamides is 1. The summed E-state index contributed by atoms with van der Waals surface area (Å²) in [6.07, 6.45) is -1.82. The van der Waals surface area contributed by atoms with Crippen molar-refractivity contribution in [2.45, 2.75) is 23.9 Å². The zero-order valence-corrected chi connectivity index (χ0v) is 18.6. The number of alkyl halides is 3. The quantitative estimate of drug-likeness (QED) is 0.607. The van der Waals surface area contributed by atoms with Crippen molar-refractivity contribution < 1.29 is 31.5 Å². The number of benzene rings is 2. The van der Waals surface area contributed by atoms with Crippen LogP contribution in [0.25, 0.3) is 0 Å². The Balaban J connectivity index is 1.95. The molecular weight excluding hydrogens is 457 g/mol. The molecule has 1 aliphatic heterocycles. The van der Waals surface area contributed by atoms with E-state index in [0.717, 1.165) is 35.3 Å². The molecule has 2 aromatic carbocycles. The lowest BCUT2D eigenvalue weighted by molar-refractivity contribution is -0.137. The van der Waals surface area contributed by atoms with Gasteiger partial charge in [-0.05, 0) is 55.2 Å². The topological polar surface area (TPSA) is 77.9 Å². The van der Waals surface area contributed by atoms with E-state index >= 15 is 0 Å². The van der Waals surface area contributed by atoms with Crippen molar-refractivity contribution in [2.24, 2.45) is 5.92 Å². The average molecular weight is 483 g/mol. The van der Waals surface area contributed by atoms with Gasteiger partial charge in [0.2, 0.25) is 0 Å². The fraction of sp³-hybridized carbons (Fsp3) is 0.348. The van der Waals surface area contributed by atoms with Gasteiger partial charge in [-0.3, -0.25) is 9.10 Å². The lowest BCUT2D eigenvalue weighted by Crippen LogP contribution is -2.41. The van der Waals surface area contributed by atoms with Crippen LogP contribution in [0.15, 0.2) is 66.1 Å². The summed E-state index contributed by atoms with van der Waals surface area (Å²) in [6.45, 7) is 4.10. The largest absolute Gasteiger partial charge is 0.416 e. The molecule has 2 aromatic rings. The molecule has 3 rings (SSSR count). The predicted molar refractivity (Wildman–Crippen MR) is 118 cm³/mol. The zero-order chi connectivity index (χ0) is 24.2. The van der Waals surface area contributed by atoms with Crippen LogP contribution in [0.2, 0.25) is 0 Å². The normalized spacial score (nSPS) is 17.0. The van der Waals surface area contributed by atoms with E-state index in [0.29, 0.717) is 13.1 Å². The lowest BCUT2D eigenvalue weighted by atomic mass is 9.98. The number of amides is 1. The highest BCUT2D eigenvalue weighted by Crippen LogP contribution is 2.33. The smallest absolute Gasteiger partial charge is 0.396 e. The summed E-state index contributed by atoms with van der Waals surface area (Å²) < 4.78 is 67.1. The van der Waals surface area contributed by atoms with E-state index in [-0.39, 0.29) is 41.1 Å². The SMILES string of the molecule is C=CCN(c1cccc(C(F)(F)F)c1)S(=O)(=O)c1cccc(C(=O)N2CCCC(CO)C2)c1. The second-order valence-electron chi connectivity index (χ2n) is 7.84. The predicted octanol–water partition coefficient (Wildman–Crippen LogP) is 3.93. The summed E-state index contributed by atoms with van der Waals surface area (Å²) >= 11 is 0. The van der Waals surface area contributed by atoms with Gasteiger partial charge in [-0.1, -0.05) is 18.2 Å². The van der Waals surface area contributed by atoms with Crippen LogP contribution >= 0.6 is 0 Å². The Bertz CT molecular complexity index is 1120. The third-order valence-electron chi connectivity index (χ3n) is 5.49. The molecule has 10 heteroatoms. The standard InChI is InChI=1S/C23H25F3N2O4S/c1-2-11-28(20-9-4-8-19(14-20)23(24,25)26)33(31,32)21-10-3-7-18(13-21)22(30)27-12-5-6-17(15-27)16-29/h2-4,7-10,13-14,17,29H,1,5-6,11-12,15-16H2. The number of hydrogen-bond acceptors (Lipinski definition) is 4. The van der Waals surface area contributed by atoms with Crippen molar-refractivity contribution in [3.63, 3.8) is 0 Å². The van der Waals surface area contributed by atoms with Gasteiger partial charge >= 0.3 is 6.18 Å². The molecule has 1 heterocycles. The Hall–Kier alpha value is -2.85. The van der Waals surface area contributed by atoms with Crippen molar-refractivity contribution >= 4 is 21.6 Å². The van der Waals surface area contributed by atoms with Gasteiger partial charge in [0, 0.05) is 25.3 Å². The van der Waals surface area contributed by atoms with Gasteiger partial charge in [-0.25, -0.2) is 8.42 Å². The molecule has 1 aliphatic rings. The van der Waals surface area contributed by atoms with E-state index in [1.54, 1.807) is 4.90 Å². The minimum atomic E-state index is -4.63. The summed E-state index contributed by atoms with van der Waals surface area (Å²) in [7, 11) is -4.30. The fourth-order valence-corrected chi connectivity index (χ4v) is 5.27. The van der Waals surface area contributed by atoms with E-state index in [2.05, 4.69) is 6.58 Å². The highest BCUT2D eigenvalue weighted by atomic mass is 32.2. The molecule has 0 saturated carbocycles. The van der Waals surface area contributed by atoms with Crippen LogP contribution in [-0.2, 0) is 16.2 Å². The number of anilines is 1. The van der Waals surface area contributed by atoms with Crippen LogP contribution in [0, 0.1) is 5.92 Å². The molecule has 1 saturated heterocycles. The molecule has 1 N–H and O–H groups in total. The molecule has 0 aliphatic carbocycles. The second-order valence-corrected chi connectivity index (χ2v) is 9.71. The fourth-order valence-electron chi connectivity index (χ4n) is 3.79. The Morgan fingerprint density at radius 3 is 2.61 bits per heavy atom.